The minimum absolute atomic E-state index is 0.0732. The van der Waals surface area contributed by atoms with Gasteiger partial charge in [0, 0.05) is 23.2 Å². The Morgan fingerprint density at radius 2 is 1.90 bits per heavy atom. The lowest BCUT2D eigenvalue weighted by Gasteiger charge is -2.56. The molecule has 30 heavy (non-hydrogen) atoms. The molecule has 0 spiro atoms. The third-order valence-corrected chi connectivity index (χ3v) is 8.10. The first-order valence-corrected chi connectivity index (χ1v) is 10.8. The second kappa shape index (κ2) is 8.11. The lowest BCUT2D eigenvalue weighted by atomic mass is 9.52. The first-order valence-electron chi connectivity index (χ1n) is 10.8. The summed E-state index contributed by atoms with van der Waals surface area (Å²) in [6.07, 6.45) is -3.91. The summed E-state index contributed by atoms with van der Waals surface area (Å²) < 4.78 is 17.4. The molecule has 0 aromatic carbocycles. The monoisotopic (exact) mass is 428 g/mol. The third kappa shape index (κ3) is 3.30. The van der Waals surface area contributed by atoms with Crippen molar-refractivity contribution in [3.63, 3.8) is 0 Å². The van der Waals surface area contributed by atoms with E-state index < -0.39 is 48.8 Å². The average Bonchev–Trinajstić information content (AvgIpc) is 3.02. The van der Waals surface area contributed by atoms with Crippen LogP contribution in [0, 0.1) is 29.1 Å². The molecule has 12 atom stereocenters. The van der Waals surface area contributed by atoms with Crippen LogP contribution in [-0.2, 0) is 23.8 Å². The summed E-state index contributed by atoms with van der Waals surface area (Å²) >= 11 is 0. The molecule has 4 fully saturated rings. The number of aldehydes is 1. The lowest BCUT2D eigenvalue weighted by molar-refractivity contribution is -0.328. The molecule has 0 aromatic heterocycles. The van der Waals surface area contributed by atoms with Gasteiger partial charge in [-0.05, 0) is 25.7 Å². The van der Waals surface area contributed by atoms with Gasteiger partial charge >= 0.3 is 5.97 Å². The van der Waals surface area contributed by atoms with Gasteiger partial charge in [-0.25, -0.2) is 0 Å². The van der Waals surface area contributed by atoms with Gasteiger partial charge in [-0.2, -0.15) is 0 Å². The number of ether oxygens (including phenoxy) is 3. The molecule has 4 rings (SSSR count). The minimum Gasteiger partial charge on any atom is -0.461 e. The molecule has 0 bridgehead atoms. The van der Waals surface area contributed by atoms with Crippen molar-refractivity contribution in [2.75, 3.05) is 6.61 Å². The van der Waals surface area contributed by atoms with Crippen LogP contribution >= 0.6 is 0 Å². The fourth-order valence-corrected chi connectivity index (χ4v) is 6.24. The maximum atomic E-state index is 12.2. The summed E-state index contributed by atoms with van der Waals surface area (Å²) in [5.74, 6) is -0.805. The molecular weight excluding hydrogens is 396 g/mol. The van der Waals surface area contributed by atoms with Crippen LogP contribution in [0.25, 0.3) is 0 Å². The van der Waals surface area contributed by atoms with Crippen molar-refractivity contribution in [3.05, 3.63) is 0 Å². The van der Waals surface area contributed by atoms with Crippen LogP contribution in [0.4, 0.5) is 0 Å². The highest BCUT2D eigenvalue weighted by atomic mass is 16.7. The second-order valence-corrected chi connectivity index (χ2v) is 9.62. The van der Waals surface area contributed by atoms with Crippen LogP contribution in [0.2, 0.25) is 0 Å². The van der Waals surface area contributed by atoms with Crippen LogP contribution in [0.3, 0.4) is 0 Å². The van der Waals surface area contributed by atoms with Crippen molar-refractivity contribution in [2.45, 2.75) is 82.4 Å². The molecule has 2 heterocycles. The zero-order valence-corrected chi connectivity index (χ0v) is 17.3. The van der Waals surface area contributed by atoms with Crippen molar-refractivity contribution >= 4 is 12.3 Å². The number of rotatable bonds is 4. The highest BCUT2D eigenvalue weighted by Crippen LogP contribution is 2.58. The van der Waals surface area contributed by atoms with E-state index in [1.54, 1.807) is 0 Å². The van der Waals surface area contributed by atoms with E-state index in [4.69, 9.17) is 14.2 Å². The van der Waals surface area contributed by atoms with E-state index in [-0.39, 0.29) is 35.7 Å². The van der Waals surface area contributed by atoms with Gasteiger partial charge in [0.2, 0.25) is 0 Å². The predicted octanol–water partition coefficient (Wildman–Crippen LogP) is -0.626. The Morgan fingerprint density at radius 1 is 1.17 bits per heavy atom. The Hall–Kier alpha value is -1.10. The minimum atomic E-state index is -1.51. The van der Waals surface area contributed by atoms with Crippen molar-refractivity contribution < 1.29 is 44.2 Å². The molecule has 170 valence electrons. The van der Waals surface area contributed by atoms with E-state index in [0.717, 1.165) is 19.1 Å². The molecule has 4 aliphatic rings. The fourth-order valence-electron chi connectivity index (χ4n) is 6.24. The van der Waals surface area contributed by atoms with Crippen molar-refractivity contribution in [3.8, 4) is 0 Å². The Balaban J connectivity index is 1.58. The molecule has 9 heteroatoms. The lowest BCUT2D eigenvalue weighted by Crippen LogP contribution is -2.62. The van der Waals surface area contributed by atoms with E-state index in [2.05, 4.69) is 0 Å². The molecule has 0 radical (unpaired) electrons. The van der Waals surface area contributed by atoms with Crippen molar-refractivity contribution in [2.24, 2.45) is 29.1 Å². The average molecular weight is 428 g/mol. The summed E-state index contributed by atoms with van der Waals surface area (Å²) in [5, 5.41) is 39.9. The second-order valence-electron chi connectivity index (χ2n) is 9.62. The van der Waals surface area contributed by atoms with Gasteiger partial charge in [-0.15, -0.1) is 0 Å². The fraction of sp³-hybridized carbons (Fsp3) is 0.905. The van der Waals surface area contributed by atoms with Gasteiger partial charge in [-0.1, -0.05) is 13.8 Å². The summed E-state index contributed by atoms with van der Waals surface area (Å²) in [5.41, 5.74) is -0.492. The number of hydrogen-bond donors (Lipinski definition) is 4. The Bertz CT molecular complexity index is 669. The molecule has 2 aliphatic carbocycles. The van der Waals surface area contributed by atoms with E-state index in [9.17, 15) is 30.0 Å². The number of aliphatic hydroxyl groups excluding tert-OH is 4. The van der Waals surface area contributed by atoms with Gasteiger partial charge in [-0.3, -0.25) is 4.79 Å². The molecule has 0 aromatic rings. The number of aliphatic hydroxyl groups is 4. The summed E-state index contributed by atoms with van der Waals surface area (Å²) in [6, 6.07) is 0. The predicted molar refractivity (Wildman–Crippen MR) is 101 cm³/mol. The molecule has 2 saturated carbocycles. The molecular formula is C21H32O9. The molecule has 9 nitrogen and oxygen atoms in total. The SMILES string of the molecule is CC1C(=O)OC2C1CCC1(C)C(OC3OC(CO)C(O)C(O)C3O)CCC(C=O)C21. The smallest absolute Gasteiger partial charge is 0.309 e. The number of carbonyl (C=O) groups excluding carboxylic acids is 2. The highest BCUT2D eigenvalue weighted by molar-refractivity contribution is 5.75. The molecule has 0 amide bonds. The van der Waals surface area contributed by atoms with E-state index >= 15 is 0 Å². The van der Waals surface area contributed by atoms with Gasteiger partial charge in [0.05, 0.1) is 18.6 Å². The highest BCUT2D eigenvalue weighted by Gasteiger charge is 2.61. The van der Waals surface area contributed by atoms with Gasteiger partial charge < -0.3 is 39.4 Å². The van der Waals surface area contributed by atoms with Crippen LogP contribution in [0.15, 0.2) is 0 Å². The topological polar surface area (TPSA) is 143 Å². The van der Waals surface area contributed by atoms with Gasteiger partial charge in [0.15, 0.2) is 6.29 Å². The van der Waals surface area contributed by atoms with Crippen LogP contribution in [-0.4, -0.2) is 82.2 Å². The van der Waals surface area contributed by atoms with Crippen LogP contribution in [0.1, 0.15) is 39.5 Å². The van der Waals surface area contributed by atoms with E-state index in [1.165, 1.54) is 0 Å². The number of hydrogen-bond acceptors (Lipinski definition) is 9. The summed E-state index contributed by atoms with van der Waals surface area (Å²) in [6.45, 7) is 3.37. The standard InChI is InChI=1S/C21H32O9/c1-9-11-5-6-21(2)13(4-3-10(7-22)14(21)18(11)30-19(9)27)29-20-17(26)16(25)15(24)12(8-23)28-20/h7,9-18,20,23-26H,3-6,8H2,1-2H3. The largest absolute Gasteiger partial charge is 0.461 e. The first-order chi connectivity index (χ1) is 14.2. The normalized spacial score (nSPS) is 53.5. The number of esters is 1. The molecule has 2 aliphatic heterocycles. The van der Waals surface area contributed by atoms with Gasteiger partial charge in [0.1, 0.15) is 36.8 Å². The third-order valence-electron chi connectivity index (χ3n) is 8.10. The van der Waals surface area contributed by atoms with Crippen LogP contribution in [0.5, 0.6) is 0 Å². The van der Waals surface area contributed by atoms with E-state index in [0.29, 0.717) is 12.8 Å². The Kier molecular flexibility index (Phi) is 5.97. The zero-order chi connectivity index (χ0) is 21.8. The summed E-state index contributed by atoms with van der Waals surface area (Å²) in [4.78, 5) is 24.1. The van der Waals surface area contributed by atoms with Gasteiger partial charge in [0.25, 0.3) is 0 Å². The quantitative estimate of drug-likeness (QED) is 0.340. The molecule has 2 saturated heterocycles. The Labute approximate surface area is 175 Å². The van der Waals surface area contributed by atoms with Crippen molar-refractivity contribution in [1.29, 1.82) is 0 Å². The first kappa shape index (κ1) is 22.1. The van der Waals surface area contributed by atoms with Crippen molar-refractivity contribution in [1.82, 2.24) is 0 Å². The number of fused-ring (bicyclic) bond motifs is 3. The maximum Gasteiger partial charge on any atom is 0.309 e. The zero-order valence-electron chi connectivity index (χ0n) is 17.3. The maximum absolute atomic E-state index is 12.2. The summed E-state index contributed by atoms with van der Waals surface area (Å²) in [7, 11) is 0. The van der Waals surface area contributed by atoms with Crippen LogP contribution < -0.4 is 0 Å². The Morgan fingerprint density at radius 3 is 2.57 bits per heavy atom. The van der Waals surface area contributed by atoms with E-state index in [1.807, 2.05) is 13.8 Å². The number of carbonyl (C=O) groups is 2. The molecule has 12 unspecified atom stereocenters. The molecule has 4 N–H and O–H groups in total.